The van der Waals surface area contributed by atoms with Crippen molar-refractivity contribution in [3.8, 4) is 0 Å². The molecule has 0 aliphatic carbocycles. The molecule has 1 aromatic heterocycles. The summed E-state index contributed by atoms with van der Waals surface area (Å²) in [6, 6.07) is 1.79. The lowest BCUT2D eigenvalue weighted by Gasteiger charge is -2.19. The predicted octanol–water partition coefficient (Wildman–Crippen LogP) is 3.06. The Balaban J connectivity index is 2.85. The number of esters is 1. The van der Waals surface area contributed by atoms with E-state index in [1.54, 1.807) is 20.8 Å². The van der Waals surface area contributed by atoms with E-state index in [0.717, 1.165) is 18.3 Å². The number of aromatic nitrogens is 1. The summed E-state index contributed by atoms with van der Waals surface area (Å²) >= 11 is 0. The van der Waals surface area contributed by atoms with Gasteiger partial charge in [-0.1, -0.05) is 0 Å². The summed E-state index contributed by atoms with van der Waals surface area (Å²) in [4.78, 5) is 14.7. The number of ether oxygens (including phenoxy) is 1. The summed E-state index contributed by atoms with van der Waals surface area (Å²) in [6.45, 7) is 5.01. The zero-order valence-electron chi connectivity index (χ0n) is 9.63. The van der Waals surface area contributed by atoms with E-state index in [9.17, 15) is 18.0 Å². The topological polar surface area (TPSA) is 39.2 Å². The van der Waals surface area contributed by atoms with Gasteiger partial charge in [0.1, 0.15) is 11.3 Å². The fraction of sp³-hybridized carbons (Fsp3) is 0.455. The van der Waals surface area contributed by atoms with Gasteiger partial charge in [0.05, 0.1) is 5.56 Å². The number of hydrogen-bond donors (Lipinski definition) is 0. The van der Waals surface area contributed by atoms with Crippen molar-refractivity contribution in [1.82, 2.24) is 4.98 Å². The number of halogens is 3. The molecular weight excluding hydrogens is 235 g/mol. The van der Waals surface area contributed by atoms with Crippen molar-refractivity contribution in [3.05, 3.63) is 29.6 Å². The Hall–Kier alpha value is -1.59. The Kier molecular flexibility index (Phi) is 3.45. The molecule has 0 fully saturated rings. The largest absolute Gasteiger partial charge is 0.456 e. The molecule has 6 heteroatoms. The minimum Gasteiger partial charge on any atom is -0.456 e. The van der Waals surface area contributed by atoms with Crippen molar-refractivity contribution >= 4 is 5.97 Å². The van der Waals surface area contributed by atoms with E-state index in [-0.39, 0.29) is 5.56 Å². The first-order valence-corrected chi connectivity index (χ1v) is 4.86. The zero-order valence-corrected chi connectivity index (χ0v) is 9.63. The molecule has 0 saturated carbocycles. The van der Waals surface area contributed by atoms with E-state index in [2.05, 4.69) is 4.98 Å². The number of carbonyl (C=O) groups is 1. The number of rotatable bonds is 1. The highest BCUT2D eigenvalue weighted by Gasteiger charge is 2.32. The maximum Gasteiger partial charge on any atom is 0.433 e. The number of pyridine rings is 1. The summed E-state index contributed by atoms with van der Waals surface area (Å²) in [6.07, 6.45) is -3.65. The van der Waals surface area contributed by atoms with Crippen LogP contribution in [0.25, 0.3) is 0 Å². The summed E-state index contributed by atoms with van der Waals surface area (Å²) in [5, 5.41) is 0. The second kappa shape index (κ2) is 4.35. The number of carbonyl (C=O) groups excluding carboxylic acids is 1. The Morgan fingerprint density at radius 3 is 2.18 bits per heavy atom. The maximum atomic E-state index is 12.2. The number of alkyl halides is 3. The Morgan fingerprint density at radius 1 is 1.24 bits per heavy atom. The van der Waals surface area contributed by atoms with Crippen LogP contribution in [0, 0.1) is 0 Å². The monoisotopic (exact) mass is 247 g/mol. The molecule has 0 radical (unpaired) electrons. The lowest BCUT2D eigenvalue weighted by molar-refractivity contribution is -0.141. The van der Waals surface area contributed by atoms with Gasteiger partial charge in [0, 0.05) is 6.20 Å². The molecule has 3 nitrogen and oxygen atoms in total. The van der Waals surface area contributed by atoms with Crippen molar-refractivity contribution in [2.24, 2.45) is 0 Å². The average molecular weight is 247 g/mol. The van der Waals surface area contributed by atoms with Crippen LogP contribution >= 0.6 is 0 Å². The average Bonchev–Trinajstić information content (AvgIpc) is 2.14. The van der Waals surface area contributed by atoms with Gasteiger partial charge in [0.2, 0.25) is 0 Å². The number of nitrogens with zero attached hydrogens (tertiary/aromatic N) is 1. The summed E-state index contributed by atoms with van der Waals surface area (Å²) in [7, 11) is 0. The van der Waals surface area contributed by atoms with Crippen molar-refractivity contribution in [2.45, 2.75) is 32.5 Å². The van der Waals surface area contributed by atoms with Gasteiger partial charge >= 0.3 is 12.1 Å². The molecule has 0 aliphatic rings. The highest BCUT2D eigenvalue weighted by molar-refractivity contribution is 5.89. The predicted molar refractivity (Wildman–Crippen MR) is 54.4 cm³/mol. The molecule has 0 atom stereocenters. The van der Waals surface area contributed by atoms with Crippen LogP contribution in [-0.2, 0) is 10.9 Å². The van der Waals surface area contributed by atoms with Gasteiger partial charge in [-0.05, 0) is 32.9 Å². The van der Waals surface area contributed by atoms with Crippen LogP contribution < -0.4 is 0 Å². The van der Waals surface area contributed by atoms with Gasteiger partial charge in [-0.2, -0.15) is 13.2 Å². The molecule has 0 amide bonds. The fourth-order valence-corrected chi connectivity index (χ4v) is 1.02. The normalized spacial score (nSPS) is 12.4. The molecule has 1 heterocycles. The molecule has 0 aromatic carbocycles. The molecule has 0 N–H and O–H groups in total. The van der Waals surface area contributed by atoms with Crippen molar-refractivity contribution in [1.29, 1.82) is 0 Å². The van der Waals surface area contributed by atoms with E-state index < -0.39 is 23.4 Å². The third-order valence-corrected chi connectivity index (χ3v) is 1.69. The van der Waals surface area contributed by atoms with Gasteiger partial charge in [0.25, 0.3) is 0 Å². The summed E-state index contributed by atoms with van der Waals surface area (Å²) < 4.78 is 41.6. The van der Waals surface area contributed by atoms with Crippen molar-refractivity contribution in [3.63, 3.8) is 0 Å². The molecule has 94 valence electrons. The Labute approximate surface area is 96.6 Å². The maximum absolute atomic E-state index is 12.2. The Bertz CT molecular complexity index is 404. The van der Waals surface area contributed by atoms with E-state index in [1.807, 2.05) is 0 Å². The van der Waals surface area contributed by atoms with Gasteiger partial charge in [-0.3, -0.25) is 4.98 Å². The lowest BCUT2D eigenvalue weighted by Crippen LogP contribution is -2.24. The molecule has 1 aromatic rings. The first-order valence-electron chi connectivity index (χ1n) is 4.86. The highest BCUT2D eigenvalue weighted by atomic mass is 19.4. The fourth-order valence-electron chi connectivity index (χ4n) is 1.02. The third-order valence-electron chi connectivity index (χ3n) is 1.69. The van der Waals surface area contributed by atoms with Crippen LogP contribution in [0.15, 0.2) is 18.3 Å². The van der Waals surface area contributed by atoms with Crippen molar-refractivity contribution < 1.29 is 22.7 Å². The lowest BCUT2D eigenvalue weighted by atomic mass is 10.2. The van der Waals surface area contributed by atoms with Crippen LogP contribution in [0.3, 0.4) is 0 Å². The molecule has 0 bridgehead atoms. The van der Waals surface area contributed by atoms with Gasteiger partial charge in [-0.25, -0.2) is 4.79 Å². The quantitative estimate of drug-likeness (QED) is 0.716. The second-order valence-corrected chi connectivity index (χ2v) is 4.43. The minimum atomic E-state index is -4.51. The van der Waals surface area contributed by atoms with Crippen LogP contribution in [0.5, 0.6) is 0 Å². The Morgan fingerprint density at radius 2 is 1.82 bits per heavy atom. The first-order chi connectivity index (χ1) is 7.59. The number of hydrogen-bond acceptors (Lipinski definition) is 3. The molecule has 1 rings (SSSR count). The standard InChI is InChI=1S/C11H12F3NO2/c1-10(2,3)17-9(16)7-4-5-8(15-6-7)11(12,13)14/h4-6H,1-3H3. The molecule has 0 unspecified atom stereocenters. The zero-order chi connectivity index (χ0) is 13.3. The van der Waals surface area contributed by atoms with E-state index in [0.29, 0.717) is 0 Å². The SMILES string of the molecule is CC(C)(C)OC(=O)c1ccc(C(F)(F)F)nc1. The molecule has 0 saturated heterocycles. The molecule has 17 heavy (non-hydrogen) atoms. The second-order valence-electron chi connectivity index (χ2n) is 4.43. The highest BCUT2D eigenvalue weighted by Crippen LogP contribution is 2.27. The van der Waals surface area contributed by atoms with E-state index >= 15 is 0 Å². The van der Waals surface area contributed by atoms with E-state index in [4.69, 9.17) is 4.74 Å². The van der Waals surface area contributed by atoms with Gasteiger partial charge in [-0.15, -0.1) is 0 Å². The van der Waals surface area contributed by atoms with Crippen LogP contribution in [0.2, 0.25) is 0 Å². The van der Waals surface area contributed by atoms with Crippen LogP contribution in [0.4, 0.5) is 13.2 Å². The smallest absolute Gasteiger partial charge is 0.433 e. The minimum absolute atomic E-state index is 0.00655. The molecular formula is C11H12F3NO2. The van der Waals surface area contributed by atoms with Crippen LogP contribution in [0.1, 0.15) is 36.8 Å². The van der Waals surface area contributed by atoms with E-state index in [1.165, 1.54) is 0 Å². The third kappa shape index (κ3) is 4.05. The van der Waals surface area contributed by atoms with Gasteiger partial charge < -0.3 is 4.74 Å². The molecule has 0 aliphatic heterocycles. The summed E-state index contributed by atoms with van der Waals surface area (Å²) in [5.41, 5.74) is -1.74. The van der Waals surface area contributed by atoms with Gasteiger partial charge in [0.15, 0.2) is 0 Å². The van der Waals surface area contributed by atoms with Crippen molar-refractivity contribution in [2.75, 3.05) is 0 Å². The first kappa shape index (κ1) is 13.5. The summed E-state index contributed by atoms with van der Waals surface area (Å²) in [5.74, 6) is -0.696. The molecule has 0 spiro atoms. The van der Waals surface area contributed by atoms with Crippen LogP contribution in [-0.4, -0.2) is 16.6 Å².